The summed E-state index contributed by atoms with van der Waals surface area (Å²) < 4.78 is 0. The fraction of sp³-hybridized carbons (Fsp3) is 1.00. The molecule has 1 saturated carbocycles. The van der Waals surface area contributed by atoms with Gasteiger partial charge in [0.1, 0.15) is 0 Å². The van der Waals surface area contributed by atoms with Gasteiger partial charge in [-0.2, -0.15) is 0 Å². The molecule has 0 heteroatoms. The molecule has 0 aliphatic heterocycles. The van der Waals surface area contributed by atoms with E-state index in [2.05, 4.69) is 13.8 Å². The lowest BCUT2D eigenvalue weighted by Gasteiger charge is -2.33. The Balaban J connectivity index is 0.000000561. The van der Waals surface area contributed by atoms with Crippen molar-refractivity contribution in [3.05, 3.63) is 0 Å². The lowest BCUT2D eigenvalue weighted by atomic mass is 9.73. The maximum absolute atomic E-state index is 2.35. The molecule has 74 valence electrons. The van der Waals surface area contributed by atoms with E-state index in [0.717, 1.165) is 11.8 Å². The third-order valence-corrected chi connectivity index (χ3v) is 3.00. The van der Waals surface area contributed by atoms with Crippen LogP contribution in [0.15, 0.2) is 0 Å². The van der Waals surface area contributed by atoms with E-state index in [4.69, 9.17) is 0 Å². The fourth-order valence-electron chi connectivity index (χ4n) is 2.06. The highest BCUT2D eigenvalue weighted by Crippen LogP contribution is 2.37. The predicted octanol–water partition coefficient (Wildman–Crippen LogP) is 4.64. The van der Waals surface area contributed by atoms with Crippen LogP contribution >= 0.6 is 0 Å². The lowest BCUT2D eigenvalue weighted by molar-refractivity contribution is 0.189. The van der Waals surface area contributed by atoms with E-state index in [0.29, 0.717) is 0 Å². The Morgan fingerprint density at radius 1 is 1.17 bits per heavy atom. The zero-order chi connectivity index (χ0) is 9.40. The number of hydrogen-bond donors (Lipinski definition) is 0. The molecule has 0 aromatic carbocycles. The van der Waals surface area contributed by atoms with E-state index in [1.807, 2.05) is 13.8 Å². The van der Waals surface area contributed by atoms with Gasteiger partial charge in [-0.3, -0.25) is 0 Å². The number of rotatable bonds is 4. The summed E-state index contributed by atoms with van der Waals surface area (Å²) in [4.78, 5) is 0. The van der Waals surface area contributed by atoms with E-state index in [1.54, 1.807) is 0 Å². The highest BCUT2D eigenvalue weighted by Gasteiger charge is 2.24. The Morgan fingerprint density at radius 2 is 1.75 bits per heavy atom. The van der Waals surface area contributed by atoms with E-state index in [-0.39, 0.29) is 0 Å². The van der Waals surface area contributed by atoms with Gasteiger partial charge in [-0.25, -0.2) is 0 Å². The molecule has 0 spiro atoms. The Kier molecular flexibility index (Phi) is 7.64. The first kappa shape index (κ1) is 12.0. The SMILES string of the molecule is CC.CCCC(CC)C1CCC1. The van der Waals surface area contributed by atoms with Crippen LogP contribution in [-0.4, -0.2) is 0 Å². The van der Waals surface area contributed by atoms with Crippen molar-refractivity contribution in [1.29, 1.82) is 0 Å². The zero-order valence-corrected chi connectivity index (χ0v) is 9.40. The standard InChI is InChI=1S/C10H20.C2H6/c1-3-6-9(4-2)10-7-5-8-10;1-2/h9-10H,3-8H2,1-2H3;1-2H3. The minimum atomic E-state index is 1.07. The highest BCUT2D eigenvalue weighted by atomic mass is 14.3. The number of hydrogen-bond acceptors (Lipinski definition) is 0. The quantitative estimate of drug-likeness (QED) is 0.576. The molecule has 0 heterocycles. The third kappa shape index (κ3) is 3.60. The summed E-state index contributed by atoms with van der Waals surface area (Å²) in [7, 11) is 0. The van der Waals surface area contributed by atoms with Gasteiger partial charge in [0.15, 0.2) is 0 Å². The molecule has 1 fully saturated rings. The van der Waals surface area contributed by atoms with Gasteiger partial charge in [-0.05, 0) is 11.8 Å². The van der Waals surface area contributed by atoms with Gasteiger partial charge in [0.05, 0.1) is 0 Å². The third-order valence-electron chi connectivity index (χ3n) is 3.00. The van der Waals surface area contributed by atoms with Gasteiger partial charge in [0.2, 0.25) is 0 Å². The van der Waals surface area contributed by atoms with Crippen molar-refractivity contribution in [3.63, 3.8) is 0 Å². The van der Waals surface area contributed by atoms with Gasteiger partial charge in [-0.1, -0.05) is 66.2 Å². The summed E-state index contributed by atoms with van der Waals surface area (Å²) in [5.74, 6) is 2.18. The Bertz CT molecular complexity index is 82.0. The van der Waals surface area contributed by atoms with Gasteiger partial charge in [0, 0.05) is 0 Å². The van der Waals surface area contributed by atoms with E-state index in [9.17, 15) is 0 Å². The molecular formula is C12H26. The first-order valence-electron chi connectivity index (χ1n) is 5.88. The van der Waals surface area contributed by atoms with Crippen LogP contribution in [0.5, 0.6) is 0 Å². The Labute approximate surface area is 78.8 Å². The van der Waals surface area contributed by atoms with Crippen molar-refractivity contribution in [2.45, 2.75) is 66.2 Å². The topological polar surface area (TPSA) is 0 Å². The molecule has 0 aromatic rings. The van der Waals surface area contributed by atoms with Crippen LogP contribution in [0.2, 0.25) is 0 Å². The second-order valence-corrected chi connectivity index (χ2v) is 3.65. The van der Waals surface area contributed by atoms with Crippen LogP contribution in [0.4, 0.5) is 0 Å². The summed E-state index contributed by atoms with van der Waals surface area (Å²) in [6.45, 7) is 8.65. The largest absolute Gasteiger partial charge is 0.0683 e. The molecule has 0 amide bonds. The molecule has 0 nitrogen and oxygen atoms in total. The van der Waals surface area contributed by atoms with Gasteiger partial charge >= 0.3 is 0 Å². The molecule has 12 heavy (non-hydrogen) atoms. The molecule has 0 N–H and O–H groups in total. The average molecular weight is 170 g/mol. The van der Waals surface area contributed by atoms with E-state index in [1.165, 1.54) is 38.5 Å². The summed E-state index contributed by atoms with van der Waals surface area (Å²) in [5, 5.41) is 0. The first-order chi connectivity index (χ1) is 5.88. The first-order valence-corrected chi connectivity index (χ1v) is 5.88. The van der Waals surface area contributed by atoms with Crippen LogP contribution in [-0.2, 0) is 0 Å². The van der Waals surface area contributed by atoms with Gasteiger partial charge < -0.3 is 0 Å². The summed E-state index contributed by atoms with van der Waals surface area (Å²) >= 11 is 0. The summed E-state index contributed by atoms with van der Waals surface area (Å²) in [6, 6.07) is 0. The lowest BCUT2D eigenvalue weighted by Crippen LogP contribution is -2.21. The van der Waals surface area contributed by atoms with Crippen LogP contribution in [0.1, 0.15) is 66.2 Å². The predicted molar refractivity (Wildman–Crippen MR) is 57.4 cm³/mol. The van der Waals surface area contributed by atoms with Crippen molar-refractivity contribution < 1.29 is 0 Å². The molecule has 0 radical (unpaired) electrons. The normalized spacial score (nSPS) is 19.0. The Hall–Kier alpha value is 0. The van der Waals surface area contributed by atoms with Gasteiger partial charge in [-0.15, -0.1) is 0 Å². The van der Waals surface area contributed by atoms with Crippen molar-refractivity contribution in [2.75, 3.05) is 0 Å². The molecular weight excluding hydrogens is 144 g/mol. The van der Waals surface area contributed by atoms with Crippen LogP contribution in [0, 0.1) is 11.8 Å². The highest BCUT2D eigenvalue weighted by molar-refractivity contribution is 4.76. The molecule has 1 aliphatic carbocycles. The minimum Gasteiger partial charge on any atom is -0.0683 e. The minimum absolute atomic E-state index is 1.07. The molecule has 0 bridgehead atoms. The van der Waals surface area contributed by atoms with Crippen molar-refractivity contribution in [3.8, 4) is 0 Å². The average Bonchev–Trinajstić information content (AvgIpc) is 2.04. The Morgan fingerprint density at radius 3 is 2.00 bits per heavy atom. The van der Waals surface area contributed by atoms with E-state index < -0.39 is 0 Å². The fourth-order valence-corrected chi connectivity index (χ4v) is 2.06. The maximum Gasteiger partial charge on any atom is -0.0386 e. The van der Waals surface area contributed by atoms with Crippen molar-refractivity contribution >= 4 is 0 Å². The monoisotopic (exact) mass is 170 g/mol. The van der Waals surface area contributed by atoms with Crippen LogP contribution < -0.4 is 0 Å². The molecule has 1 rings (SSSR count). The maximum atomic E-state index is 2.35. The summed E-state index contributed by atoms with van der Waals surface area (Å²) in [5.41, 5.74) is 0. The van der Waals surface area contributed by atoms with Crippen molar-refractivity contribution in [1.82, 2.24) is 0 Å². The molecule has 1 unspecified atom stereocenters. The van der Waals surface area contributed by atoms with Gasteiger partial charge in [0.25, 0.3) is 0 Å². The molecule has 1 aliphatic rings. The molecule has 1 atom stereocenters. The second kappa shape index (κ2) is 7.64. The van der Waals surface area contributed by atoms with Crippen LogP contribution in [0.25, 0.3) is 0 Å². The van der Waals surface area contributed by atoms with Crippen LogP contribution in [0.3, 0.4) is 0 Å². The van der Waals surface area contributed by atoms with E-state index >= 15 is 0 Å². The molecule has 0 saturated heterocycles. The zero-order valence-electron chi connectivity index (χ0n) is 9.40. The molecule has 0 aromatic heterocycles. The smallest absolute Gasteiger partial charge is 0.0386 e. The summed E-state index contributed by atoms with van der Waals surface area (Å²) in [6.07, 6.45) is 8.83. The second-order valence-electron chi connectivity index (χ2n) is 3.65. The van der Waals surface area contributed by atoms with Crippen molar-refractivity contribution in [2.24, 2.45) is 11.8 Å².